The third kappa shape index (κ3) is 2.56. The Morgan fingerprint density at radius 1 is 1.33 bits per heavy atom. The van der Waals surface area contributed by atoms with Crippen LogP contribution in [0.15, 0.2) is 23.1 Å². The molecule has 8 heteroatoms. The van der Waals surface area contributed by atoms with Crippen molar-refractivity contribution in [3.8, 4) is 0 Å². The van der Waals surface area contributed by atoms with Crippen molar-refractivity contribution in [3.05, 3.63) is 36.0 Å². The van der Waals surface area contributed by atoms with Crippen molar-refractivity contribution in [1.82, 2.24) is 25.0 Å². The van der Waals surface area contributed by atoms with Gasteiger partial charge in [-0.15, -0.1) is 0 Å². The summed E-state index contributed by atoms with van der Waals surface area (Å²) in [7, 11) is 0. The van der Waals surface area contributed by atoms with Crippen LogP contribution in [0.2, 0.25) is 0 Å². The lowest BCUT2D eigenvalue weighted by atomic mass is 9.72. The lowest BCUT2D eigenvalue weighted by Crippen LogP contribution is -2.37. The molecule has 4 heterocycles. The Labute approximate surface area is 139 Å². The first kappa shape index (κ1) is 15.2. The highest BCUT2D eigenvalue weighted by Crippen LogP contribution is 2.49. The first-order chi connectivity index (χ1) is 11.7. The average Bonchev–Trinajstić information content (AvgIpc) is 3.20. The fourth-order valence-electron chi connectivity index (χ4n) is 3.77. The van der Waals surface area contributed by atoms with E-state index in [0.717, 1.165) is 12.8 Å². The Bertz CT molecular complexity index is 726. The molecular weight excluding hydrogens is 310 g/mol. The number of nitrogens with zero attached hydrogens (tertiary/aromatic N) is 5. The Morgan fingerprint density at radius 2 is 2.17 bits per heavy atom. The van der Waals surface area contributed by atoms with E-state index >= 15 is 0 Å². The van der Waals surface area contributed by atoms with Crippen molar-refractivity contribution in [2.75, 3.05) is 26.3 Å². The predicted molar refractivity (Wildman–Crippen MR) is 82.2 cm³/mol. The molecule has 2 aromatic rings. The molecular formula is C16H19N5O3. The molecule has 2 aliphatic heterocycles. The zero-order valence-corrected chi connectivity index (χ0v) is 13.5. The Hall–Kier alpha value is -2.35. The van der Waals surface area contributed by atoms with E-state index in [2.05, 4.69) is 20.1 Å². The maximum Gasteiger partial charge on any atom is 0.274 e. The lowest BCUT2D eigenvalue weighted by Gasteiger charge is -2.36. The molecule has 1 atom stereocenters. The number of amides is 1. The maximum absolute atomic E-state index is 12.8. The molecule has 2 fully saturated rings. The molecule has 4 rings (SSSR count). The van der Waals surface area contributed by atoms with Gasteiger partial charge in [-0.25, -0.2) is 4.98 Å². The predicted octanol–water partition coefficient (Wildman–Crippen LogP) is 1.20. The quantitative estimate of drug-likeness (QED) is 0.817. The van der Waals surface area contributed by atoms with E-state index in [4.69, 9.17) is 9.26 Å². The molecule has 0 bridgehead atoms. The van der Waals surface area contributed by atoms with Crippen LogP contribution in [0.3, 0.4) is 0 Å². The Morgan fingerprint density at radius 3 is 2.83 bits per heavy atom. The van der Waals surface area contributed by atoms with Crippen LogP contribution in [0, 0.1) is 12.3 Å². The molecule has 126 valence electrons. The van der Waals surface area contributed by atoms with Gasteiger partial charge in [-0.3, -0.25) is 9.78 Å². The van der Waals surface area contributed by atoms with Gasteiger partial charge in [-0.2, -0.15) is 4.98 Å². The molecule has 2 aliphatic rings. The zero-order chi connectivity index (χ0) is 16.6. The van der Waals surface area contributed by atoms with Gasteiger partial charge in [0.15, 0.2) is 5.82 Å². The highest BCUT2D eigenvalue weighted by molar-refractivity contribution is 5.92. The van der Waals surface area contributed by atoms with Gasteiger partial charge in [0.05, 0.1) is 12.1 Å². The van der Waals surface area contributed by atoms with E-state index in [1.807, 2.05) is 4.90 Å². The summed E-state index contributed by atoms with van der Waals surface area (Å²) in [6.07, 6.45) is 6.35. The summed E-state index contributed by atoms with van der Waals surface area (Å²) in [5, 5.41) is 3.92. The van der Waals surface area contributed by atoms with Gasteiger partial charge in [-0.1, -0.05) is 5.16 Å². The molecule has 0 saturated carbocycles. The van der Waals surface area contributed by atoms with Crippen LogP contribution in [0.5, 0.6) is 0 Å². The van der Waals surface area contributed by atoms with Crippen LogP contribution in [0.25, 0.3) is 0 Å². The fraction of sp³-hybridized carbons (Fsp3) is 0.562. The van der Waals surface area contributed by atoms with Crippen LogP contribution in [0.4, 0.5) is 0 Å². The van der Waals surface area contributed by atoms with Gasteiger partial charge in [-0.05, 0) is 19.8 Å². The summed E-state index contributed by atoms with van der Waals surface area (Å²) in [6, 6.07) is 0. The first-order valence-corrected chi connectivity index (χ1v) is 8.11. The highest BCUT2D eigenvalue weighted by atomic mass is 16.5. The standard InChI is InChI=1S/C16H19N5O3/c1-11-19-14(24-20-11)12-9-21(10-16(12)2-6-23-7-3-16)15(22)13-8-17-4-5-18-13/h4-5,8,12H,2-3,6-7,9-10H2,1H3. The highest BCUT2D eigenvalue weighted by Gasteiger charge is 2.51. The molecule has 0 aliphatic carbocycles. The summed E-state index contributed by atoms with van der Waals surface area (Å²) in [6.45, 7) is 4.39. The van der Waals surface area contributed by atoms with Crippen molar-refractivity contribution in [2.45, 2.75) is 25.7 Å². The third-order valence-electron chi connectivity index (χ3n) is 5.05. The number of carbonyl (C=O) groups is 1. The third-order valence-corrected chi connectivity index (χ3v) is 5.05. The van der Waals surface area contributed by atoms with E-state index < -0.39 is 0 Å². The first-order valence-electron chi connectivity index (χ1n) is 8.11. The topological polar surface area (TPSA) is 94.2 Å². The number of ether oxygens (including phenoxy) is 1. The Kier molecular flexibility index (Phi) is 3.76. The molecule has 0 aromatic carbocycles. The summed E-state index contributed by atoms with van der Waals surface area (Å²) in [5.74, 6) is 1.16. The van der Waals surface area contributed by atoms with Gasteiger partial charge in [0, 0.05) is 44.1 Å². The summed E-state index contributed by atoms with van der Waals surface area (Å²) in [4.78, 5) is 27.2. The number of hydrogen-bond acceptors (Lipinski definition) is 7. The number of aryl methyl sites for hydroxylation is 1. The second-order valence-electron chi connectivity index (χ2n) is 6.48. The fourth-order valence-corrected chi connectivity index (χ4v) is 3.77. The number of aromatic nitrogens is 4. The second kappa shape index (κ2) is 5.94. The van der Waals surface area contributed by atoms with Crippen LogP contribution >= 0.6 is 0 Å². The molecule has 0 radical (unpaired) electrons. The van der Waals surface area contributed by atoms with Crippen LogP contribution in [-0.4, -0.2) is 57.2 Å². The van der Waals surface area contributed by atoms with Crippen molar-refractivity contribution >= 4 is 5.91 Å². The summed E-state index contributed by atoms with van der Waals surface area (Å²) < 4.78 is 11.0. The SMILES string of the molecule is Cc1noc(C2CN(C(=O)c3cnccn3)CC23CCOCC3)n1. The minimum Gasteiger partial charge on any atom is -0.381 e. The number of rotatable bonds is 2. The molecule has 24 heavy (non-hydrogen) atoms. The smallest absolute Gasteiger partial charge is 0.274 e. The average molecular weight is 329 g/mol. The lowest BCUT2D eigenvalue weighted by molar-refractivity contribution is 0.00833. The molecule has 8 nitrogen and oxygen atoms in total. The van der Waals surface area contributed by atoms with Gasteiger partial charge in [0.2, 0.25) is 5.89 Å². The molecule has 1 amide bonds. The minimum absolute atomic E-state index is 0.0308. The largest absolute Gasteiger partial charge is 0.381 e. The summed E-state index contributed by atoms with van der Waals surface area (Å²) >= 11 is 0. The van der Waals surface area contributed by atoms with Crippen molar-refractivity contribution in [1.29, 1.82) is 0 Å². The molecule has 2 saturated heterocycles. The van der Waals surface area contributed by atoms with Crippen LogP contribution in [-0.2, 0) is 4.74 Å². The van der Waals surface area contributed by atoms with Crippen molar-refractivity contribution in [2.24, 2.45) is 5.41 Å². The maximum atomic E-state index is 12.8. The zero-order valence-electron chi connectivity index (χ0n) is 13.5. The summed E-state index contributed by atoms with van der Waals surface area (Å²) in [5.41, 5.74) is 0.289. The molecule has 1 unspecified atom stereocenters. The van der Waals surface area contributed by atoms with Gasteiger partial charge >= 0.3 is 0 Å². The van der Waals surface area contributed by atoms with Crippen molar-refractivity contribution < 1.29 is 14.1 Å². The number of hydrogen-bond donors (Lipinski definition) is 0. The van der Waals surface area contributed by atoms with Gasteiger partial charge in [0.1, 0.15) is 5.69 Å². The van der Waals surface area contributed by atoms with Gasteiger partial charge < -0.3 is 14.2 Å². The van der Waals surface area contributed by atoms with Crippen LogP contribution < -0.4 is 0 Å². The normalized spacial score (nSPS) is 22.9. The van der Waals surface area contributed by atoms with E-state index in [-0.39, 0.29) is 17.2 Å². The van der Waals surface area contributed by atoms with Crippen molar-refractivity contribution in [3.63, 3.8) is 0 Å². The second-order valence-corrected chi connectivity index (χ2v) is 6.48. The number of likely N-dealkylation sites (tertiary alicyclic amines) is 1. The number of carbonyl (C=O) groups excluding carboxylic acids is 1. The van der Waals surface area contributed by atoms with Crippen LogP contribution in [0.1, 0.15) is 41.0 Å². The minimum atomic E-state index is -0.104. The molecule has 2 aromatic heterocycles. The molecule has 0 N–H and O–H groups in total. The monoisotopic (exact) mass is 329 g/mol. The van der Waals surface area contributed by atoms with E-state index in [0.29, 0.717) is 43.7 Å². The van der Waals surface area contributed by atoms with E-state index in [9.17, 15) is 4.79 Å². The van der Waals surface area contributed by atoms with E-state index in [1.165, 1.54) is 12.4 Å². The van der Waals surface area contributed by atoms with Gasteiger partial charge in [0.25, 0.3) is 5.91 Å². The molecule has 1 spiro atoms. The Balaban J connectivity index is 1.64. The van der Waals surface area contributed by atoms with E-state index in [1.54, 1.807) is 13.1 Å².